The van der Waals surface area contributed by atoms with Crippen LogP contribution in [0.25, 0.3) is 16.6 Å². The maximum atomic E-state index is 15.5. The zero-order valence-electron chi connectivity index (χ0n) is 15.0. The number of halogens is 2. The molecule has 1 aliphatic heterocycles. The summed E-state index contributed by atoms with van der Waals surface area (Å²) in [7, 11) is 0. The van der Waals surface area contributed by atoms with Crippen LogP contribution >= 0.6 is 0 Å². The second-order valence-electron chi connectivity index (χ2n) is 6.87. The van der Waals surface area contributed by atoms with Gasteiger partial charge in [0.2, 0.25) is 5.43 Å². The fourth-order valence-corrected chi connectivity index (χ4v) is 3.61. The monoisotopic (exact) mass is 402 g/mol. The normalized spacial score (nSPS) is 16.5. The van der Waals surface area contributed by atoms with Crippen molar-refractivity contribution in [2.24, 2.45) is 0 Å². The van der Waals surface area contributed by atoms with E-state index in [1.807, 2.05) is 0 Å². The number of hydrogen-bond donors (Lipinski definition) is 3. The predicted molar refractivity (Wildman–Crippen MR) is 101 cm³/mol. The highest BCUT2D eigenvalue weighted by atomic mass is 19.1. The van der Waals surface area contributed by atoms with Gasteiger partial charge in [-0.25, -0.2) is 13.6 Å². The number of benzene rings is 2. The number of phenols is 1. The molecule has 2 heterocycles. The summed E-state index contributed by atoms with van der Waals surface area (Å²) in [5.74, 6) is -3.63. The molecule has 0 radical (unpaired) electrons. The Bertz CT molecular complexity index is 1190. The molecule has 150 valence electrons. The number of nitrogens with zero attached hydrogens (tertiary/aromatic N) is 2. The maximum absolute atomic E-state index is 15.5. The topological polar surface area (TPSA) is 103 Å². The van der Waals surface area contributed by atoms with Gasteiger partial charge in [0.1, 0.15) is 22.8 Å². The summed E-state index contributed by atoms with van der Waals surface area (Å²) in [6.07, 6.45) is 0.598. The number of carboxylic acids is 1. The molecule has 4 rings (SSSR count). The average Bonchev–Trinajstić information content (AvgIpc) is 3.09. The van der Waals surface area contributed by atoms with Crippen molar-refractivity contribution >= 4 is 22.6 Å². The number of aromatic hydroxyl groups is 1. The van der Waals surface area contributed by atoms with Crippen LogP contribution in [0.2, 0.25) is 0 Å². The minimum atomic E-state index is -1.53. The Balaban J connectivity index is 2.09. The lowest BCUT2D eigenvalue weighted by molar-refractivity contribution is 0.0695. The fraction of sp³-hybridized carbons (Fsp3) is 0.200. The molecule has 1 saturated heterocycles. The molecule has 1 atom stereocenters. The standard InChI is InChI=1S/C20H16F2N2O5/c21-15-7-13-17(16(22)18(15)23-6-5-12(26)8-23)24(9-14(19(13)27)20(28)29)10-1-3-11(25)4-2-10/h1-4,7,9,12,25-26H,5-6,8H2,(H,28,29). The van der Waals surface area contributed by atoms with Crippen LogP contribution in [-0.2, 0) is 0 Å². The van der Waals surface area contributed by atoms with Crippen molar-refractivity contribution in [1.29, 1.82) is 0 Å². The van der Waals surface area contributed by atoms with E-state index in [4.69, 9.17) is 0 Å². The van der Waals surface area contributed by atoms with E-state index in [0.29, 0.717) is 6.42 Å². The number of fused-ring (bicyclic) bond motifs is 1. The van der Waals surface area contributed by atoms with E-state index >= 15 is 4.39 Å². The minimum Gasteiger partial charge on any atom is -0.508 e. The number of rotatable bonds is 3. The molecule has 29 heavy (non-hydrogen) atoms. The second kappa shape index (κ2) is 6.85. The zero-order chi connectivity index (χ0) is 20.9. The van der Waals surface area contributed by atoms with Crippen LogP contribution in [0, 0.1) is 11.6 Å². The van der Waals surface area contributed by atoms with Crippen LogP contribution in [0.5, 0.6) is 5.75 Å². The molecule has 2 aromatic carbocycles. The number of aromatic carboxylic acids is 1. The van der Waals surface area contributed by atoms with E-state index in [0.717, 1.165) is 16.8 Å². The molecule has 3 aromatic rings. The van der Waals surface area contributed by atoms with Gasteiger partial charge < -0.3 is 24.8 Å². The molecule has 0 saturated carbocycles. The van der Waals surface area contributed by atoms with Crippen molar-refractivity contribution in [2.75, 3.05) is 18.0 Å². The van der Waals surface area contributed by atoms with Gasteiger partial charge >= 0.3 is 5.97 Å². The SMILES string of the molecule is O=C(O)c1cn(-c2ccc(O)cc2)c2c(F)c(N3CCC(O)C3)c(F)cc2c1=O. The van der Waals surface area contributed by atoms with E-state index in [1.165, 1.54) is 29.2 Å². The Morgan fingerprint density at radius 1 is 1.17 bits per heavy atom. The average molecular weight is 402 g/mol. The van der Waals surface area contributed by atoms with Crippen LogP contribution in [0.4, 0.5) is 14.5 Å². The number of carbonyl (C=O) groups is 1. The quantitative estimate of drug-likeness (QED) is 0.621. The molecular formula is C20H16F2N2O5. The van der Waals surface area contributed by atoms with Crippen molar-refractivity contribution in [2.45, 2.75) is 12.5 Å². The Morgan fingerprint density at radius 2 is 1.86 bits per heavy atom. The molecule has 0 aliphatic carbocycles. The summed E-state index contributed by atoms with van der Waals surface area (Å²) in [4.78, 5) is 25.4. The third kappa shape index (κ3) is 3.09. The third-order valence-corrected chi connectivity index (χ3v) is 4.99. The number of β-amino-alcohol motifs (C(OH)–C–C–N with tert-alkyl or cyclic N) is 1. The summed E-state index contributed by atoms with van der Waals surface area (Å²) >= 11 is 0. The van der Waals surface area contributed by atoms with E-state index in [-0.39, 0.29) is 35.7 Å². The number of aromatic nitrogens is 1. The number of phenolic OH excluding ortho intramolecular Hbond substituents is 1. The Morgan fingerprint density at radius 3 is 2.45 bits per heavy atom. The molecule has 0 spiro atoms. The number of anilines is 1. The van der Waals surface area contributed by atoms with Crippen LogP contribution in [-0.4, -0.2) is 45.0 Å². The molecule has 1 fully saturated rings. The van der Waals surface area contributed by atoms with Crippen LogP contribution in [0.15, 0.2) is 41.3 Å². The number of pyridine rings is 1. The zero-order valence-corrected chi connectivity index (χ0v) is 15.0. The van der Waals surface area contributed by atoms with E-state index < -0.39 is 40.1 Å². The lowest BCUT2D eigenvalue weighted by Crippen LogP contribution is -2.25. The lowest BCUT2D eigenvalue weighted by Gasteiger charge is -2.22. The summed E-state index contributed by atoms with van der Waals surface area (Å²) in [5.41, 5.74) is -2.05. The number of carboxylic acid groups (broad SMARTS) is 1. The van der Waals surface area contributed by atoms with E-state index in [2.05, 4.69) is 0 Å². The summed E-state index contributed by atoms with van der Waals surface area (Å²) in [6.45, 7) is 0.271. The first-order chi connectivity index (χ1) is 13.8. The fourth-order valence-electron chi connectivity index (χ4n) is 3.61. The van der Waals surface area contributed by atoms with Crippen LogP contribution < -0.4 is 10.3 Å². The van der Waals surface area contributed by atoms with Gasteiger partial charge in [0.05, 0.1) is 17.0 Å². The largest absolute Gasteiger partial charge is 0.508 e. The van der Waals surface area contributed by atoms with Gasteiger partial charge in [0.25, 0.3) is 0 Å². The Hall–Kier alpha value is -3.46. The third-order valence-electron chi connectivity index (χ3n) is 4.99. The molecule has 1 unspecified atom stereocenters. The minimum absolute atomic E-state index is 0.0377. The van der Waals surface area contributed by atoms with E-state index in [1.54, 1.807) is 0 Å². The van der Waals surface area contributed by atoms with Gasteiger partial charge in [-0.2, -0.15) is 0 Å². The summed E-state index contributed by atoms with van der Waals surface area (Å²) in [6, 6.07) is 6.28. The van der Waals surface area contributed by atoms with Gasteiger partial charge in [-0.05, 0) is 36.8 Å². The highest BCUT2D eigenvalue weighted by Gasteiger charge is 2.29. The molecule has 7 nitrogen and oxygen atoms in total. The molecule has 0 bridgehead atoms. The summed E-state index contributed by atoms with van der Waals surface area (Å²) in [5, 5.41) is 28.2. The van der Waals surface area contributed by atoms with Crippen molar-refractivity contribution in [3.63, 3.8) is 0 Å². The van der Waals surface area contributed by atoms with Gasteiger partial charge in [-0.3, -0.25) is 4.79 Å². The highest BCUT2D eigenvalue weighted by Crippen LogP contribution is 2.33. The molecule has 3 N–H and O–H groups in total. The van der Waals surface area contributed by atoms with Gasteiger partial charge in [-0.1, -0.05) is 0 Å². The molecule has 9 heteroatoms. The maximum Gasteiger partial charge on any atom is 0.341 e. The lowest BCUT2D eigenvalue weighted by atomic mass is 10.1. The van der Waals surface area contributed by atoms with Crippen LogP contribution in [0.1, 0.15) is 16.8 Å². The van der Waals surface area contributed by atoms with Crippen molar-refractivity contribution in [3.8, 4) is 11.4 Å². The Kier molecular flexibility index (Phi) is 4.46. The molecule has 1 aromatic heterocycles. The molecule has 0 amide bonds. The molecule has 1 aliphatic rings. The van der Waals surface area contributed by atoms with Crippen LogP contribution in [0.3, 0.4) is 0 Å². The van der Waals surface area contributed by atoms with Gasteiger partial charge in [-0.15, -0.1) is 0 Å². The van der Waals surface area contributed by atoms with Crippen molar-refractivity contribution < 1.29 is 28.9 Å². The molecular weight excluding hydrogens is 386 g/mol. The first kappa shape index (κ1) is 18.9. The number of aliphatic hydroxyl groups is 1. The Labute approximate surface area is 162 Å². The first-order valence-electron chi connectivity index (χ1n) is 8.81. The summed E-state index contributed by atoms with van der Waals surface area (Å²) < 4.78 is 31.4. The highest BCUT2D eigenvalue weighted by molar-refractivity contribution is 5.94. The first-order valence-corrected chi connectivity index (χ1v) is 8.81. The number of aliphatic hydroxyl groups excluding tert-OH is 1. The van der Waals surface area contributed by atoms with Crippen molar-refractivity contribution in [1.82, 2.24) is 4.57 Å². The smallest absolute Gasteiger partial charge is 0.341 e. The number of hydrogen-bond acceptors (Lipinski definition) is 5. The predicted octanol–water partition coefficient (Wildman–Crippen LogP) is 2.24. The van der Waals surface area contributed by atoms with Gasteiger partial charge in [0, 0.05) is 25.0 Å². The van der Waals surface area contributed by atoms with Crippen molar-refractivity contribution in [3.05, 3.63) is 63.9 Å². The van der Waals surface area contributed by atoms with E-state index in [9.17, 15) is 29.3 Å². The van der Waals surface area contributed by atoms with Gasteiger partial charge in [0.15, 0.2) is 5.82 Å². The second-order valence-corrected chi connectivity index (χ2v) is 6.87.